The lowest BCUT2D eigenvalue weighted by Gasteiger charge is -2.18. The smallest absolute Gasteiger partial charge is 0.283 e. The Morgan fingerprint density at radius 2 is 2.03 bits per heavy atom. The maximum Gasteiger partial charge on any atom is 0.283 e. The van der Waals surface area contributed by atoms with Gasteiger partial charge >= 0.3 is 0 Å². The SMILES string of the molecule is C#CCNC(=O)CSC1=N/C(=C/c2ccc(C(C)C)cc2)C(=O)N1c1cccc(OC)c1. The Kier molecular flexibility index (Phi) is 7.74. The summed E-state index contributed by atoms with van der Waals surface area (Å²) in [6, 6.07) is 15.2. The van der Waals surface area contributed by atoms with Gasteiger partial charge in [0.2, 0.25) is 5.91 Å². The van der Waals surface area contributed by atoms with E-state index in [1.54, 1.807) is 37.5 Å². The second-order valence-electron chi connectivity index (χ2n) is 7.36. The molecule has 6 nitrogen and oxygen atoms in total. The van der Waals surface area contributed by atoms with Gasteiger partial charge < -0.3 is 10.1 Å². The summed E-state index contributed by atoms with van der Waals surface area (Å²) in [5.74, 6) is 3.01. The second-order valence-corrected chi connectivity index (χ2v) is 8.30. The van der Waals surface area contributed by atoms with Gasteiger partial charge in [-0.25, -0.2) is 4.99 Å². The van der Waals surface area contributed by atoms with Gasteiger partial charge in [0.15, 0.2) is 5.17 Å². The number of methoxy groups -OCH3 is 1. The van der Waals surface area contributed by atoms with Crippen molar-refractivity contribution in [3.8, 4) is 18.1 Å². The van der Waals surface area contributed by atoms with Crippen molar-refractivity contribution in [2.75, 3.05) is 24.3 Å². The molecule has 7 heteroatoms. The molecule has 32 heavy (non-hydrogen) atoms. The number of hydrogen-bond acceptors (Lipinski definition) is 5. The van der Waals surface area contributed by atoms with Gasteiger partial charge in [0.05, 0.1) is 25.1 Å². The molecule has 1 aliphatic rings. The molecule has 0 spiro atoms. The van der Waals surface area contributed by atoms with E-state index in [-0.39, 0.29) is 24.1 Å². The lowest BCUT2D eigenvalue weighted by molar-refractivity contribution is -0.118. The molecule has 0 aliphatic carbocycles. The summed E-state index contributed by atoms with van der Waals surface area (Å²) in [4.78, 5) is 31.3. The average Bonchev–Trinajstić information content (AvgIpc) is 3.11. The van der Waals surface area contributed by atoms with Gasteiger partial charge in [-0.05, 0) is 35.3 Å². The predicted molar refractivity (Wildman–Crippen MR) is 131 cm³/mol. The molecule has 0 atom stereocenters. The summed E-state index contributed by atoms with van der Waals surface area (Å²) in [6.45, 7) is 4.42. The number of hydrogen-bond donors (Lipinski definition) is 1. The minimum Gasteiger partial charge on any atom is -0.497 e. The van der Waals surface area contributed by atoms with Crippen molar-refractivity contribution >= 4 is 40.5 Å². The quantitative estimate of drug-likeness (QED) is 0.514. The average molecular weight is 448 g/mol. The van der Waals surface area contributed by atoms with Crippen molar-refractivity contribution in [1.82, 2.24) is 5.32 Å². The number of benzene rings is 2. The summed E-state index contributed by atoms with van der Waals surface area (Å²) in [7, 11) is 1.57. The Hall–Kier alpha value is -3.50. The molecule has 1 heterocycles. The summed E-state index contributed by atoms with van der Waals surface area (Å²) < 4.78 is 5.30. The van der Waals surface area contributed by atoms with Crippen molar-refractivity contribution < 1.29 is 14.3 Å². The fourth-order valence-electron chi connectivity index (χ4n) is 3.04. The minimum atomic E-state index is -0.266. The standard InChI is InChI=1S/C25H25N3O3S/c1-5-13-26-23(29)16-32-25-27-22(14-18-9-11-19(12-10-18)17(2)3)24(30)28(25)20-7-6-8-21(15-20)31-4/h1,6-12,14-15,17H,13,16H2,2-4H3,(H,26,29)/b22-14+. The Labute approximate surface area is 192 Å². The lowest BCUT2D eigenvalue weighted by atomic mass is 10.0. The van der Waals surface area contributed by atoms with Crippen LogP contribution in [0.3, 0.4) is 0 Å². The van der Waals surface area contributed by atoms with E-state index in [1.807, 2.05) is 24.3 Å². The molecular weight excluding hydrogens is 422 g/mol. The molecule has 1 N–H and O–H groups in total. The van der Waals surface area contributed by atoms with E-state index < -0.39 is 0 Å². The third-order valence-corrected chi connectivity index (χ3v) is 5.71. The Morgan fingerprint density at radius 3 is 2.69 bits per heavy atom. The van der Waals surface area contributed by atoms with Crippen LogP contribution in [0.1, 0.15) is 30.9 Å². The normalized spacial score (nSPS) is 14.5. The number of carbonyl (C=O) groups excluding carboxylic acids is 2. The number of terminal acetylenes is 1. The van der Waals surface area contributed by atoms with Crippen LogP contribution < -0.4 is 15.0 Å². The highest BCUT2D eigenvalue weighted by molar-refractivity contribution is 8.14. The molecule has 0 unspecified atom stereocenters. The number of thioether (sulfide) groups is 1. The van der Waals surface area contributed by atoms with Gasteiger partial charge in [0.25, 0.3) is 5.91 Å². The third-order valence-electron chi connectivity index (χ3n) is 4.77. The molecule has 2 aromatic rings. The van der Waals surface area contributed by atoms with Crippen molar-refractivity contribution in [3.63, 3.8) is 0 Å². The number of nitrogens with zero attached hydrogens (tertiary/aromatic N) is 2. The van der Waals surface area contributed by atoms with E-state index in [4.69, 9.17) is 11.2 Å². The molecule has 0 radical (unpaired) electrons. The van der Waals surface area contributed by atoms with Crippen molar-refractivity contribution in [2.45, 2.75) is 19.8 Å². The van der Waals surface area contributed by atoms with Crippen LogP contribution in [-0.4, -0.2) is 36.4 Å². The number of ether oxygens (including phenoxy) is 1. The number of amides is 2. The molecule has 3 rings (SSSR count). The van der Waals surface area contributed by atoms with Crippen LogP contribution in [0.2, 0.25) is 0 Å². The van der Waals surface area contributed by atoms with E-state index in [1.165, 1.54) is 22.2 Å². The monoisotopic (exact) mass is 447 g/mol. The van der Waals surface area contributed by atoms with E-state index in [0.717, 1.165) is 5.56 Å². The second kappa shape index (κ2) is 10.7. The van der Waals surface area contributed by atoms with Gasteiger partial charge in [0.1, 0.15) is 11.4 Å². The molecule has 164 valence electrons. The number of anilines is 1. The molecule has 0 saturated carbocycles. The van der Waals surface area contributed by atoms with E-state index >= 15 is 0 Å². The summed E-state index contributed by atoms with van der Waals surface area (Å²) in [5, 5.41) is 3.04. The lowest BCUT2D eigenvalue weighted by Crippen LogP contribution is -2.32. The van der Waals surface area contributed by atoms with Crippen LogP contribution in [-0.2, 0) is 9.59 Å². The highest BCUT2D eigenvalue weighted by Crippen LogP contribution is 2.31. The van der Waals surface area contributed by atoms with Gasteiger partial charge in [0, 0.05) is 6.07 Å². The fraction of sp³-hybridized carbons (Fsp3) is 0.240. The summed E-state index contributed by atoms with van der Waals surface area (Å²) >= 11 is 1.18. The predicted octanol–water partition coefficient (Wildman–Crippen LogP) is 4.04. The zero-order valence-corrected chi connectivity index (χ0v) is 19.1. The van der Waals surface area contributed by atoms with Crippen LogP contribution in [0.4, 0.5) is 5.69 Å². The first-order chi connectivity index (χ1) is 15.4. The molecule has 2 amide bonds. The van der Waals surface area contributed by atoms with Crippen molar-refractivity contribution in [2.24, 2.45) is 4.99 Å². The number of rotatable bonds is 7. The topological polar surface area (TPSA) is 71.0 Å². The molecule has 0 bridgehead atoms. The fourth-order valence-corrected chi connectivity index (χ4v) is 3.88. The van der Waals surface area contributed by atoms with Crippen LogP contribution in [0, 0.1) is 12.3 Å². The molecule has 2 aromatic carbocycles. The zero-order chi connectivity index (χ0) is 23.1. The van der Waals surface area contributed by atoms with E-state index in [2.05, 4.69) is 30.1 Å². The molecule has 0 saturated heterocycles. The first kappa shape index (κ1) is 23.2. The largest absolute Gasteiger partial charge is 0.497 e. The third kappa shape index (κ3) is 5.59. The molecule has 0 aromatic heterocycles. The number of amidine groups is 1. The molecule has 1 aliphatic heterocycles. The van der Waals surface area contributed by atoms with Crippen molar-refractivity contribution in [1.29, 1.82) is 0 Å². The zero-order valence-electron chi connectivity index (χ0n) is 18.3. The Morgan fingerprint density at radius 1 is 1.28 bits per heavy atom. The number of carbonyl (C=O) groups is 2. The summed E-state index contributed by atoms with van der Waals surface area (Å²) in [5.41, 5.74) is 3.02. The maximum atomic E-state index is 13.3. The Balaban J connectivity index is 1.91. The van der Waals surface area contributed by atoms with Gasteiger partial charge in [-0.3, -0.25) is 14.5 Å². The molecular formula is C25H25N3O3S. The maximum absolute atomic E-state index is 13.3. The number of aliphatic imine (C=N–C) groups is 1. The van der Waals surface area contributed by atoms with E-state index in [0.29, 0.717) is 28.2 Å². The highest BCUT2D eigenvalue weighted by atomic mass is 32.2. The van der Waals surface area contributed by atoms with Crippen LogP contribution >= 0.6 is 11.8 Å². The number of nitrogens with one attached hydrogen (secondary N) is 1. The van der Waals surface area contributed by atoms with Crippen LogP contribution in [0.15, 0.2) is 59.2 Å². The highest BCUT2D eigenvalue weighted by Gasteiger charge is 2.32. The first-order valence-corrected chi connectivity index (χ1v) is 11.1. The summed E-state index contributed by atoms with van der Waals surface area (Å²) in [6.07, 6.45) is 6.94. The van der Waals surface area contributed by atoms with Crippen molar-refractivity contribution in [3.05, 3.63) is 65.4 Å². The van der Waals surface area contributed by atoms with Gasteiger partial charge in [-0.15, -0.1) is 6.42 Å². The minimum absolute atomic E-state index is 0.0879. The van der Waals surface area contributed by atoms with E-state index in [9.17, 15) is 9.59 Å². The Bertz CT molecular complexity index is 1100. The first-order valence-electron chi connectivity index (χ1n) is 10.1. The van der Waals surface area contributed by atoms with Crippen LogP contribution in [0.25, 0.3) is 6.08 Å². The van der Waals surface area contributed by atoms with Gasteiger partial charge in [-0.1, -0.05) is 61.9 Å². The van der Waals surface area contributed by atoms with Gasteiger partial charge in [-0.2, -0.15) is 0 Å². The molecule has 0 fully saturated rings. The van der Waals surface area contributed by atoms with Crippen LogP contribution in [0.5, 0.6) is 5.75 Å².